The minimum absolute atomic E-state index is 0.0170. The van der Waals surface area contributed by atoms with E-state index in [1.165, 1.54) is 0 Å². The number of aryl methyl sites for hydroxylation is 1. The van der Waals surface area contributed by atoms with E-state index in [-0.39, 0.29) is 18.1 Å². The first-order valence-corrected chi connectivity index (χ1v) is 10.7. The maximum Gasteiger partial charge on any atom is 0.325 e. The van der Waals surface area contributed by atoms with Gasteiger partial charge in [-0.2, -0.15) is 0 Å². The normalized spacial score (nSPS) is 17.4. The van der Waals surface area contributed by atoms with Gasteiger partial charge in [0, 0.05) is 11.9 Å². The zero-order chi connectivity index (χ0) is 20.4. The summed E-state index contributed by atoms with van der Waals surface area (Å²) in [5.41, 5.74) is 2.53. The first-order chi connectivity index (χ1) is 12.5. The molecule has 2 N–H and O–H groups in total. The number of para-hydroxylation sites is 1. The van der Waals surface area contributed by atoms with E-state index >= 15 is 0 Å². The molecule has 0 radical (unpaired) electrons. The number of hydrogen-bond donors (Lipinski definition) is 2. The van der Waals surface area contributed by atoms with Gasteiger partial charge in [-0.25, -0.2) is 13.2 Å². The molecule has 1 saturated heterocycles. The molecular formula is C18H25N3O5S. The molecule has 9 heteroatoms. The number of sulfone groups is 1. The molecule has 0 saturated carbocycles. The Kier molecular flexibility index (Phi) is 6.25. The lowest BCUT2D eigenvalue weighted by Gasteiger charge is -2.18. The minimum atomic E-state index is -3.25. The predicted octanol–water partition coefficient (Wildman–Crippen LogP) is 1.41. The molecule has 0 bridgehead atoms. The number of urea groups is 1. The molecule has 27 heavy (non-hydrogen) atoms. The standard InChI is InChI=1S/C18H25N3O5S/c1-11(2)13-7-5-6-12(3)16(13)20-15(22)10-21-17(23)14(19-18(21)24)8-9-27(4,25)26/h5-7,11,14H,8-10H2,1-4H3,(H,19,24)(H,20,22)/t14-/m0/s1. The number of amides is 4. The number of anilines is 1. The van der Waals surface area contributed by atoms with Crippen molar-refractivity contribution in [2.45, 2.75) is 39.2 Å². The highest BCUT2D eigenvalue weighted by Crippen LogP contribution is 2.27. The highest BCUT2D eigenvalue weighted by Gasteiger charge is 2.39. The van der Waals surface area contributed by atoms with E-state index in [9.17, 15) is 22.8 Å². The van der Waals surface area contributed by atoms with Crippen LogP contribution in [0.4, 0.5) is 10.5 Å². The summed E-state index contributed by atoms with van der Waals surface area (Å²) in [6.45, 7) is 5.46. The van der Waals surface area contributed by atoms with Gasteiger partial charge in [0.15, 0.2) is 0 Å². The predicted molar refractivity (Wildman–Crippen MR) is 102 cm³/mol. The molecule has 8 nitrogen and oxygen atoms in total. The smallest absolute Gasteiger partial charge is 0.325 e. The van der Waals surface area contributed by atoms with Crippen LogP contribution in [0.5, 0.6) is 0 Å². The van der Waals surface area contributed by atoms with Crippen molar-refractivity contribution in [2.24, 2.45) is 0 Å². The molecule has 1 atom stereocenters. The van der Waals surface area contributed by atoms with Crippen molar-refractivity contribution in [1.82, 2.24) is 10.2 Å². The van der Waals surface area contributed by atoms with Gasteiger partial charge in [0.25, 0.3) is 5.91 Å². The summed E-state index contributed by atoms with van der Waals surface area (Å²) < 4.78 is 22.5. The van der Waals surface area contributed by atoms with E-state index in [0.717, 1.165) is 22.3 Å². The highest BCUT2D eigenvalue weighted by atomic mass is 32.2. The number of nitrogens with one attached hydrogen (secondary N) is 2. The lowest BCUT2D eigenvalue weighted by atomic mass is 9.98. The van der Waals surface area contributed by atoms with Gasteiger partial charge in [-0.15, -0.1) is 0 Å². The second-order valence-corrected chi connectivity index (χ2v) is 9.35. The first-order valence-electron chi connectivity index (χ1n) is 8.68. The number of nitrogens with zero attached hydrogens (tertiary/aromatic N) is 1. The van der Waals surface area contributed by atoms with Gasteiger partial charge >= 0.3 is 6.03 Å². The summed E-state index contributed by atoms with van der Waals surface area (Å²) in [4.78, 5) is 37.6. The average Bonchev–Trinajstić information content (AvgIpc) is 2.81. The van der Waals surface area contributed by atoms with Gasteiger partial charge in [0.05, 0.1) is 5.75 Å². The summed E-state index contributed by atoms with van der Waals surface area (Å²) in [6.07, 6.45) is 1.05. The fraction of sp³-hybridized carbons (Fsp3) is 0.500. The van der Waals surface area contributed by atoms with Crippen LogP contribution in [0.2, 0.25) is 0 Å². The fourth-order valence-corrected chi connectivity index (χ4v) is 3.58. The lowest BCUT2D eigenvalue weighted by molar-refractivity contribution is -0.130. The van der Waals surface area contributed by atoms with Crippen molar-refractivity contribution in [3.63, 3.8) is 0 Å². The van der Waals surface area contributed by atoms with Crippen LogP contribution in [-0.4, -0.2) is 55.8 Å². The summed E-state index contributed by atoms with van der Waals surface area (Å²) in [7, 11) is -3.25. The molecule has 4 amide bonds. The number of carbonyl (C=O) groups excluding carboxylic acids is 3. The summed E-state index contributed by atoms with van der Waals surface area (Å²) in [5.74, 6) is -1.10. The van der Waals surface area contributed by atoms with E-state index in [1.54, 1.807) is 0 Å². The van der Waals surface area contributed by atoms with Gasteiger partial charge in [0.2, 0.25) is 5.91 Å². The third kappa shape index (κ3) is 5.29. The Hall–Kier alpha value is -2.42. The zero-order valence-electron chi connectivity index (χ0n) is 15.9. The fourth-order valence-electron chi connectivity index (χ4n) is 2.92. The lowest BCUT2D eigenvalue weighted by Crippen LogP contribution is -2.38. The van der Waals surface area contributed by atoms with Crippen LogP contribution in [0.1, 0.15) is 37.3 Å². The maximum absolute atomic E-state index is 12.4. The van der Waals surface area contributed by atoms with Crippen LogP contribution < -0.4 is 10.6 Å². The van der Waals surface area contributed by atoms with E-state index < -0.39 is 40.3 Å². The molecule has 0 aliphatic carbocycles. The molecule has 0 spiro atoms. The van der Waals surface area contributed by atoms with Crippen molar-refractivity contribution in [3.8, 4) is 0 Å². The topological polar surface area (TPSA) is 113 Å². The van der Waals surface area contributed by atoms with Gasteiger partial charge in [-0.05, 0) is 30.4 Å². The third-order valence-corrected chi connectivity index (χ3v) is 5.35. The van der Waals surface area contributed by atoms with Crippen LogP contribution in [0.15, 0.2) is 18.2 Å². The van der Waals surface area contributed by atoms with Crippen LogP contribution in [-0.2, 0) is 19.4 Å². The number of rotatable bonds is 7. The van der Waals surface area contributed by atoms with E-state index in [4.69, 9.17) is 0 Å². The minimum Gasteiger partial charge on any atom is -0.326 e. The molecule has 0 unspecified atom stereocenters. The first kappa shape index (κ1) is 20.9. The van der Waals surface area contributed by atoms with E-state index in [1.807, 2.05) is 39.0 Å². The number of benzene rings is 1. The molecule has 1 fully saturated rings. The molecule has 2 rings (SSSR count). The van der Waals surface area contributed by atoms with E-state index in [2.05, 4.69) is 10.6 Å². The van der Waals surface area contributed by atoms with Crippen molar-refractivity contribution in [1.29, 1.82) is 0 Å². The van der Waals surface area contributed by atoms with Crippen LogP contribution >= 0.6 is 0 Å². The Labute approximate surface area is 159 Å². The van der Waals surface area contributed by atoms with Crippen LogP contribution in [0.25, 0.3) is 0 Å². The summed E-state index contributed by atoms with van der Waals surface area (Å²) in [6, 6.07) is 4.08. The van der Waals surface area contributed by atoms with Crippen LogP contribution in [0.3, 0.4) is 0 Å². The number of hydrogen-bond acceptors (Lipinski definition) is 5. The van der Waals surface area contributed by atoms with Crippen molar-refractivity contribution in [3.05, 3.63) is 29.3 Å². The average molecular weight is 395 g/mol. The van der Waals surface area contributed by atoms with E-state index in [0.29, 0.717) is 5.69 Å². The van der Waals surface area contributed by atoms with Gasteiger partial charge in [-0.1, -0.05) is 32.0 Å². The SMILES string of the molecule is Cc1cccc(C(C)C)c1NC(=O)CN1C(=O)N[C@@H](CCS(C)(=O)=O)C1=O. The quantitative estimate of drug-likeness (QED) is 0.678. The monoisotopic (exact) mass is 395 g/mol. The van der Waals surface area contributed by atoms with Crippen molar-refractivity contribution < 1.29 is 22.8 Å². The van der Waals surface area contributed by atoms with Crippen LogP contribution in [0, 0.1) is 6.92 Å². The maximum atomic E-state index is 12.4. The summed E-state index contributed by atoms with van der Waals surface area (Å²) >= 11 is 0. The van der Waals surface area contributed by atoms with Crippen molar-refractivity contribution in [2.75, 3.05) is 23.9 Å². The molecule has 1 aromatic rings. The van der Waals surface area contributed by atoms with Gasteiger partial charge in [-0.3, -0.25) is 14.5 Å². The number of carbonyl (C=O) groups is 3. The van der Waals surface area contributed by atoms with Gasteiger partial charge < -0.3 is 10.6 Å². The Morgan fingerprint density at radius 2 is 1.96 bits per heavy atom. The molecular weight excluding hydrogens is 370 g/mol. The highest BCUT2D eigenvalue weighted by molar-refractivity contribution is 7.90. The molecule has 1 aliphatic heterocycles. The zero-order valence-corrected chi connectivity index (χ0v) is 16.7. The molecule has 1 aliphatic rings. The largest absolute Gasteiger partial charge is 0.326 e. The Morgan fingerprint density at radius 1 is 1.30 bits per heavy atom. The van der Waals surface area contributed by atoms with Gasteiger partial charge in [0.1, 0.15) is 22.4 Å². The molecule has 1 heterocycles. The second kappa shape index (κ2) is 8.08. The molecule has 148 valence electrons. The molecule has 0 aromatic heterocycles. The number of imide groups is 1. The molecule has 1 aromatic carbocycles. The summed E-state index contributed by atoms with van der Waals surface area (Å²) in [5, 5.41) is 5.22. The van der Waals surface area contributed by atoms with Crippen molar-refractivity contribution >= 4 is 33.4 Å². The third-order valence-electron chi connectivity index (χ3n) is 4.38. The Morgan fingerprint density at radius 3 is 2.56 bits per heavy atom. The Balaban J connectivity index is 2.06. The second-order valence-electron chi connectivity index (χ2n) is 7.09. The Bertz CT molecular complexity index is 864.